The second kappa shape index (κ2) is 5.51. The molecule has 0 amide bonds. The third kappa shape index (κ3) is 2.77. The molecule has 2 rings (SSSR count). The molecule has 0 N–H and O–H groups in total. The first-order chi connectivity index (χ1) is 8.96. The van der Waals surface area contributed by atoms with Crippen molar-refractivity contribution in [1.82, 2.24) is 0 Å². The van der Waals surface area contributed by atoms with Gasteiger partial charge in [-0.3, -0.25) is 4.79 Å². The van der Waals surface area contributed by atoms with Gasteiger partial charge >= 0.3 is 5.97 Å². The Balaban J connectivity index is 2.37. The van der Waals surface area contributed by atoms with E-state index in [1.165, 1.54) is 24.3 Å². The smallest absolute Gasteiger partial charge is 0.325 e. The number of esters is 1. The Labute approximate surface area is 117 Å². The highest BCUT2D eigenvalue weighted by Gasteiger charge is 2.46. The van der Waals surface area contributed by atoms with E-state index >= 15 is 0 Å². The molecule has 1 aromatic carbocycles. The fourth-order valence-corrected chi connectivity index (χ4v) is 4.28. The molecular weight excluding hydrogens is 288 g/mol. The zero-order valence-electron chi connectivity index (χ0n) is 10.5. The molecule has 1 heterocycles. The monoisotopic (exact) mass is 302 g/mol. The molecule has 4 nitrogen and oxygen atoms in total. The van der Waals surface area contributed by atoms with Crippen LogP contribution in [0.2, 0.25) is 5.02 Å². The van der Waals surface area contributed by atoms with Crippen LogP contribution in [0, 0.1) is 5.92 Å². The standard InChI is InChI=1S/C13H15ClO4S/c1-2-3-9-8-18-13(15)12(9)19(16,17)11-6-4-10(14)5-7-11/h4-7,9,12H,2-3,8H2,1H3/t9-,12?/m0/s1. The molecule has 1 fully saturated rings. The molecule has 1 aliphatic heterocycles. The number of sulfone groups is 1. The first-order valence-corrected chi connectivity index (χ1v) is 8.05. The minimum atomic E-state index is -3.71. The highest BCUT2D eigenvalue weighted by Crippen LogP contribution is 2.31. The summed E-state index contributed by atoms with van der Waals surface area (Å²) in [4.78, 5) is 11.8. The normalized spacial score (nSPS) is 23.4. The first-order valence-electron chi connectivity index (χ1n) is 6.13. The Morgan fingerprint density at radius 1 is 1.32 bits per heavy atom. The van der Waals surface area contributed by atoms with Crippen molar-refractivity contribution in [3.8, 4) is 0 Å². The second-order valence-corrected chi connectivity index (χ2v) is 7.10. The molecule has 1 unspecified atom stereocenters. The Kier molecular flexibility index (Phi) is 4.16. The van der Waals surface area contributed by atoms with Gasteiger partial charge in [0.05, 0.1) is 11.5 Å². The zero-order chi connectivity index (χ0) is 14.0. The fraction of sp³-hybridized carbons (Fsp3) is 0.462. The molecule has 1 aliphatic rings. The van der Waals surface area contributed by atoms with Gasteiger partial charge in [-0.05, 0) is 30.7 Å². The number of cyclic esters (lactones) is 1. The van der Waals surface area contributed by atoms with Gasteiger partial charge in [0.15, 0.2) is 15.1 Å². The maximum absolute atomic E-state index is 12.5. The van der Waals surface area contributed by atoms with Crippen LogP contribution in [0.5, 0.6) is 0 Å². The summed E-state index contributed by atoms with van der Waals surface area (Å²) in [5.74, 6) is -0.911. The summed E-state index contributed by atoms with van der Waals surface area (Å²) in [6, 6.07) is 5.85. The number of hydrogen-bond acceptors (Lipinski definition) is 4. The van der Waals surface area contributed by atoms with Gasteiger partial charge in [-0.1, -0.05) is 24.9 Å². The van der Waals surface area contributed by atoms with Crippen molar-refractivity contribution in [2.24, 2.45) is 5.92 Å². The fourth-order valence-electron chi connectivity index (χ4n) is 2.31. The van der Waals surface area contributed by atoms with E-state index in [0.29, 0.717) is 11.4 Å². The summed E-state index contributed by atoms with van der Waals surface area (Å²) in [5.41, 5.74) is 0. The van der Waals surface area contributed by atoms with Crippen molar-refractivity contribution in [2.75, 3.05) is 6.61 Å². The number of halogens is 1. The van der Waals surface area contributed by atoms with Crippen LogP contribution in [-0.4, -0.2) is 26.2 Å². The topological polar surface area (TPSA) is 60.4 Å². The lowest BCUT2D eigenvalue weighted by Gasteiger charge is -2.15. The van der Waals surface area contributed by atoms with Crippen LogP contribution in [0.1, 0.15) is 19.8 Å². The van der Waals surface area contributed by atoms with E-state index < -0.39 is 21.1 Å². The number of hydrogen-bond donors (Lipinski definition) is 0. The number of carbonyl (C=O) groups is 1. The van der Waals surface area contributed by atoms with Crippen LogP contribution in [0.4, 0.5) is 0 Å². The highest BCUT2D eigenvalue weighted by atomic mass is 35.5. The average Bonchev–Trinajstić information content (AvgIpc) is 2.72. The predicted molar refractivity (Wildman–Crippen MR) is 71.8 cm³/mol. The minimum absolute atomic E-state index is 0.113. The van der Waals surface area contributed by atoms with Crippen molar-refractivity contribution in [2.45, 2.75) is 29.9 Å². The van der Waals surface area contributed by atoms with E-state index in [1.807, 2.05) is 6.92 Å². The molecular formula is C13H15ClO4S. The minimum Gasteiger partial charge on any atom is -0.464 e. The average molecular weight is 303 g/mol. The first kappa shape index (κ1) is 14.3. The number of benzene rings is 1. The number of rotatable bonds is 4. The SMILES string of the molecule is CCC[C@H]1COC(=O)C1S(=O)(=O)c1ccc(Cl)cc1. The quantitative estimate of drug-likeness (QED) is 0.802. The van der Waals surface area contributed by atoms with Crippen LogP contribution in [0.15, 0.2) is 29.2 Å². The molecule has 1 saturated heterocycles. The molecule has 0 aromatic heterocycles. The van der Waals surface area contributed by atoms with E-state index in [1.54, 1.807) is 0 Å². The van der Waals surface area contributed by atoms with Crippen molar-refractivity contribution < 1.29 is 17.9 Å². The van der Waals surface area contributed by atoms with Gasteiger partial charge in [-0.25, -0.2) is 8.42 Å². The molecule has 0 spiro atoms. The Bertz CT molecular complexity index is 565. The van der Waals surface area contributed by atoms with Gasteiger partial charge in [0, 0.05) is 10.9 Å². The summed E-state index contributed by atoms with van der Waals surface area (Å²) in [6.45, 7) is 2.14. The molecule has 0 bridgehead atoms. The largest absolute Gasteiger partial charge is 0.464 e. The lowest BCUT2D eigenvalue weighted by atomic mass is 10.0. The van der Waals surface area contributed by atoms with Crippen molar-refractivity contribution in [3.63, 3.8) is 0 Å². The Morgan fingerprint density at radius 3 is 2.53 bits per heavy atom. The van der Waals surface area contributed by atoms with Crippen LogP contribution in [0.25, 0.3) is 0 Å². The van der Waals surface area contributed by atoms with E-state index in [0.717, 1.165) is 6.42 Å². The summed E-state index contributed by atoms with van der Waals surface area (Å²) >= 11 is 5.74. The maximum Gasteiger partial charge on any atom is 0.325 e. The molecule has 19 heavy (non-hydrogen) atoms. The lowest BCUT2D eigenvalue weighted by Crippen LogP contribution is -2.32. The van der Waals surface area contributed by atoms with Crippen LogP contribution in [-0.2, 0) is 19.4 Å². The van der Waals surface area contributed by atoms with E-state index in [4.69, 9.17) is 16.3 Å². The second-order valence-electron chi connectivity index (χ2n) is 4.60. The van der Waals surface area contributed by atoms with Crippen LogP contribution < -0.4 is 0 Å². The molecule has 104 valence electrons. The third-order valence-electron chi connectivity index (χ3n) is 3.24. The lowest BCUT2D eigenvalue weighted by molar-refractivity contribution is -0.137. The molecule has 0 aliphatic carbocycles. The van der Waals surface area contributed by atoms with Crippen molar-refractivity contribution >= 4 is 27.4 Å². The van der Waals surface area contributed by atoms with Gasteiger partial charge in [0.2, 0.25) is 0 Å². The van der Waals surface area contributed by atoms with Gasteiger partial charge in [-0.15, -0.1) is 0 Å². The third-order valence-corrected chi connectivity index (χ3v) is 5.66. The molecule has 0 saturated carbocycles. The summed E-state index contributed by atoms with van der Waals surface area (Å²) < 4.78 is 29.9. The van der Waals surface area contributed by atoms with Gasteiger partial charge in [-0.2, -0.15) is 0 Å². The van der Waals surface area contributed by atoms with Crippen molar-refractivity contribution in [3.05, 3.63) is 29.3 Å². The molecule has 1 aromatic rings. The summed E-state index contributed by atoms with van der Waals surface area (Å²) in [5, 5.41) is -0.633. The van der Waals surface area contributed by atoms with Crippen LogP contribution in [0.3, 0.4) is 0 Å². The predicted octanol–water partition coefficient (Wildman–Crippen LogP) is 2.46. The van der Waals surface area contributed by atoms with Gasteiger partial charge in [0.1, 0.15) is 0 Å². The molecule has 0 radical (unpaired) electrons. The Morgan fingerprint density at radius 2 is 1.95 bits per heavy atom. The number of carbonyl (C=O) groups excluding carboxylic acids is 1. The van der Waals surface area contributed by atoms with E-state index in [-0.39, 0.29) is 17.4 Å². The number of ether oxygens (including phenoxy) is 1. The van der Waals surface area contributed by atoms with Crippen molar-refractivity contribution in [1.29, 1.82) is 0 Å². The maximum atomic E-state index is 12.5. The zero-order valence-corrected chi connectivity index (χ0v) is 12.1. The molecule has 6 heteroatoms. The summed E-state index contributed by atoms with van der Waals surface area (Å²) in [7, 11) is -3.71. The highest BCUT2D eigenvalue weighted by molar-refractivity contribution is 7.92. The van der Waals surface area contributed by atoms with Crippen LogP contribution >= 0.6 is 11.6 Å². The van der Waals surface area contributed by atoms with E-state index in [2.05, 4.69) is 0 Å². The molecule has 2 atom stereocenters. The van der Waals surface area contributed by atoms with E-state index in [9.17, 15) is 13.2 Å². The van der Waals surface area contributed by atoms with Gasteiger partial charge in [0.25, 0.3) is 0 Å². The van der Waals surface area contributed by atoms with Gasteiger partial charge < -0.3 is 4.74 Å². The Hall–Kier alpha value is -1.07. The summed E-state index contributed by atoms with van der Waals surface area (Å²) in [6.07, 6.45) is 1.47.